The van der Waals surface area contributed by atoms with Gasteiger partial charge in [0, 0.05) is 18.2 Å². The largest absolute Gasteiger partial charge is 0.310 e. The normalized spacial score (nSPS) is 12.1. The lowest BCUT2D eigenvalue weighted by atomic mass is 10.1. The van der Waals surface area contributed by atoms with Crippen LogP contribution >= 0.6 is 0 Å². The number of rotatable bonds is 6. The van der Waals surface area contributed by atoms with E-state index in [0.29, 0.717) is 0 Å². The van der Waals surface area contributed by atoms with Crippen LogP contribution in [0, 0.1) is 10.1 Å². The van der Waals surface area contributed by atoms with Crippen molar-refractivity contribution in [2.75, 3.05) is 6.54 Å². The first-order valence-electron chi connectivity index (χ1n) is 6.68. The van der Waals surface area contributed by atoms with Gasteiger partial charge in [0.25, 0.3) is 5.69 Å². The summed E-state index contributed by atoms with van der Waals surface area (Å²) >= 11 is 0. The molecule has 2 aromatic carbocycles. The molecule has 0 bridgehead atoms. The molecule has 104 valence electrons. The summed E-state index contributed by atoms with van der Waals surface area (Å²) in [7, 11) is 0. The van der Waals surface area contributed by atoms with E-state index >= 15 is 0 Å². The number of nitrogens with one attached hydrogen (secondary N) is 1. The summed E-state index contributed by atoms with van der Waals surface area (Å²) in [5.41, 5.74) is 2.36. The van der Waals surface area contributed by atoms with Crippen LogP contribution < -0.4 is 5.32 Å². The van der Waals surface area contributed by atoms with E-state index in [4.69, 9.17) is 0 Å². The summed E-state index contributed by atoms with van der Waals surface area (Å²) in [6, 6.07) is 17.1. The van der Waals surface area contributed by atoms with Gasteiger partial charge in [-0.1, -0.05) is 42.5 Å². The highest BCUT2D eigenvalue weighted by Crippen LogP contribution is 2.18. The second kappa shape index (κ2) is 6.82. The average molecular weight is 270 g/mol. The fourth-order valence-electron chi connectivity index (χ4n) is 2.10. The molecule has 1 N–H and O–H groups in total. The molecule has 0 aliphatic heterocycles. The minimum absolute atomic E-state index is 0.0959. The van der Waals surface area contributed by atoms with Crippen LogP contribution in [0.25, 0.3) is 0 Å². The molecule has 0 spiro atoms. The van der Waals surface area contributed by atoms with E-state index in [0.717, 1.165) is 18.5 Å². The standard InChI is InChI=1S/C16H18N2O2/c1-13(15-8-5-9-16(12-15)18(19)20)17-11-10-14-6-3-2-4-7-14/h2-9,12-13,17H,10-11H2,1H3. The van der Waals surface area contributed by atoms with E-state index in [1.807, 2.05) is 31.2 Å². The molecule has 2 aromatic rings. The molecule has 20 heavy (non-hydrogen) atoms. The van der Waals surface area contributed by atoms with E-state index < -0.39 is 0 Å². The van der Waals surface area contributed by atoms with E-state index in [9.17, 15) is 10.1 Å². The third-order valence-electron chi connectivity index (χ3n) is 3.29. The van der Waals surface area contributed by atoms with Gasteiger partial charge in [-0.2, -0.15) is 0 Å². The first-order valence-corrected chi connectivity index (χ1v) is 6.68. The average Bonchev–Trinajstić information content (AvgIpc) is 2.48. The molecule has 0 saturated carbocycles. The Balaban J connectivity index is 1.90. The molecule has 0 fully saturated rings. The number of nitro benzene ring substituents is 1. The fraction of sp³-hybridized carbons (Fsp3) is 0.250. The summed E-state index contributed by atoms with van der Waals surface area (Å²) in [5.74, 6) is 0. The van der Waals surface area contributed by atoms with Crippen LogP contribution in [0.15, 0.2) is 54.6 Å². The molecular weight excluding hydrogens is 252 g/mol. The minimum atomic E-state index is -0.361. The monoisotopic (exact) mass is 270 g/mol. The Bertz CT molecular complexity index is 570. The number of nitro groups is 1. The molecule has 0 aromatic heterocycles. The van der Waals surface area contributed by atoms with Gasteiger partial charge >= 0.3 is 0 Å². The van der Waals surface area contributed by atoms with Crippen molar-refractivity contribution in [2.24, 2.45) is 0 Å². The second-order valence-corrected chi connectivity index (χ2v) is 4.76. The van der Waals surface area contributed by atoms with Crippen LogP contribution in [-0.4, -0.2) is 11.5 Å². The van der Waals surface area contributed by atoms with Crippen LogP contribution in [0.1, 0.15) is 24.1 Å². The third kappa shape index (κ3) is 3.90. The van der Waals surface area contributed by atoms with Gasteiger partial charge in [0.2, 0.25) is 0 Å². The summed E-state index contributed by atoms with van der Waals surface area (Å²) in [5, 5.41) is 14.2. The summed E-state index contributed by atoms with van der Waals surface area (Å²) in [6.07, 6.45) is 0.945. The maximum atomic E-state index is 10.8. The van der Waals surface area contributed by atoms with Gasteiger partial charge in [-0.25, -0.2) is 0 Å². The van der Waals surface area contributed by atoms with E-state index in [2.05, 4.69) is 17.4 Å². The van der Waals surface area contributed by atoms with Crippen molar-refractivity contribution < 1.29 is 4.92 Å². The zero-order valence-corrected chi connectivity index (χ0v) is 11.5. The lowest BCUT2D eigenvalue weighted by molar-refractivity contribution is -0.384. The van der Waals surface area contributed by atoms with Crippen LogP contribution in [-0.2, 0) is 6.42 Å². The highest BCUT2D eigenvalue weighted by atomic mass is 16.6. The molecule has 0 aliphatic carbocycles. The third-order valence-corrected chi connectivity index (χ3v) is 3.29. The predicted octanol–water partition coefficient (Wildman–Crippen LogP) is 3.49. The van der Waals surface area contributed by atoms with Gasteiger partial charge in [-0.3, -0.25) is 10.1 Å². The molecule has 0 heterocycles. The van der Waals surface area contributed by atoms with Crippen LogP contribution in [0.4, 0.5) is 5.69 Å². The first kappa shape index (κ1) is 14.2. The zero-order valence-electron chi connectivity index (χ0n) is 11.5. The van der Waals surface area contributed by atoms with Crippen molar-refractivity contribution in [3.63, 3.8) is 0 Å². The maximum Gasteiger partial charge on any atom is 0.269 e. The van der Waals surface area contributed by atoms with Crippen molar-refractivity contribution in [1.82, 2.24) is 5.32 Å². The molecule has 1 unspecified atom stereocenters. The van der Waals surface area contributed by atoms with Crippen molar-refractivity contribution >= 4 is 5.69 Å². The Morgan fingerprint density at radius 3 is 2.60 bits per heavy atom. The second-order valence-electron chi connectivity index (χ2n) is 4.76. The highest BCUT2D eigenvalue weighted by Gasteiger charge is 2.10. The fourth-order valence-corrected chi connectivity index (χ4v) is 2.10. The summed E-state index contributed by atoms with van der Waals surface area (Å²) in [4.78, 5) is 10.4. The van der Waals surface area contributed by atoms with Gasteiger partial charge in [0.1, 0.15) is 0 Å². The zero-order chi connectivity index (χ0) is 14.4. The molecule has 0 aliphatic rings. The molecule has 1 atom stereocenters. The Labute approximate surface area is 118 Å². The summed E-state index contributed by atoms with van der Waals surface area (Å²) < 4.78 is 0. The smallest absolute Gasteiger partial charge is 0.269 e. The van der Waals surface area contributed by atoms with Crippen molar-refractivity contribution in [2.45, 2.75) is 19.4 Å². The molecular formula is C16H18N2O2. The Morgan fingerprint density at radius 1 is 1.15 bits per heavy atom. The van der Waals surface area contributed by atoms with E-state index in [1.165, 1.54) is 11.6 Å². The van der Waals surface area contributed by atoms with Crippen molar-refractivity contribution in [3.8, 4) is 0 Å². The van der Waals surface area contributed by atoms with Crippen LogP contribution in [0.5, 0.6) is 0 Å². The SMILES string of the molecule is CC(NCCc1ccccc1)c1cccc([N+](=O)[O-])c1. The van der Waals surface area contributed by atoms with Crippen LogP contribution in [0.2, 0.25) is 0 Å². The Hall–Kier alpha value is -2.20. The van der Waals surface area contributed by atoms with Gasteiger partial charge in [0.05, 0.1) is 4.92 Å². The van der Waals surface area contributed by atoms with Gasteiger partial charge in [-0.05, 0) is 31.0 Å². The first-order chi connectivity index (χ1) is 9.66. The quantitative estimate of drug-likeness (QED) is 0.645. The Morgan fingerprint density at radius 2 is 1.90 bits per heavy atom. The van der Waals surface area contributed by atoms with Crippen molar-refractivity contribution in [3.05, 3.63) is 75.8 Å². The van der Waals surface area contributed by atoms with Crippen LogP contribution in [0.3, 0.4) is 0 Å². The molecule has 0 amide bonds. The van der Waals surface area contributed by atoms with E-state index in [1.54, 1.807) is 12.1 Å². The topological polar surface area (TPSA) is 55.2 Å². The van der Waals surface area contributed by atoms with E-state index in [-0.39, 0.29) is 16.7 Å². The highest BCUT2D eigenvalue weighted by molar-refractivity contribution is 5.35. The predicted molar refractivity (Wildman–Crippen MR) is 79.7 cm³/mol. The van der Waals surface area contributed by atoms with Crippen molar-refractivity contribution in [1.29, 1.82) is 0 Å². The van der Waals surface area contributed by atoms with Gasteiger partial charge in [0.15, 0.2) is 0 Å². The molecule has 0 radical (unpaired) electrons. The lowest BCUT2D eigenvalue weighted by Crippen LogP contribution is -2.21. The number of benzene rings is 2. The summed E-state index contributed by atoms with van der Waals surface area (Å²) in [6.45, 7) is 2.86. The lowest BCUT2D eigenvalue weighted by Gasteiger charge is -2.14. The molecule has 4 nitrogen and oxygen atoms in total. The number of non-ortho nitro benzene ring substituents is 1. The molecule has 4 heteroatoms. The molecule has 0 saturated heterocycles. The number of hydrogen-bond donors (Lipinski definition) is 1. The number of nitrogens with zero attached hydrogens (tertiary/aromatic N) is 1. The maximum absolute atomic E-state index is 10.8. The molecule has 2 rings (SSSR count). The number of hydrogen-bond acceptors (Lipinski definition) is 3. The van der Waals surface area contributed by atoms with Gasteiger partial charge < -0.3 is 5.32 Å². The van der Waals surface area contributed by atoms with Gasteiger partial charge in [-0.15, -0.1) is 0 Å². The Kier molecular flexibility index (Phi) is 4.85. The minimum Gasteiger partial charge on any atom is -0.310 e.